The van der Waals surface area contributed by atoms with Gasteiger partial charge in [0.1, 0.15) is 0 Å². The summed E-state index contributed by atoms with van der Waals surface area (Å²) in [4.78, 5) is 44.9. The Balaban J connectivity index is 4.29. The van der Waals surface area contributed by atoms with E-state index in [4.69, 9.17) is 14.9 Å². The number of rotatable bonds is 12. The number of carboxylic acids is 2. The van der Waals surface area contributed by atoms with Gasteiger partial charge in [-0.1, -0.05) is 27.7 Å². The number of carboxylic acid groups (broad SMARTS) is 2. The van der Waals surface area contributed by atoms with Crippen LogP contribution >= 0.6 is 0 Å². The van der Waals surface area contributed by atoms with E-state index in [0.717, 1.165) is 0 Å². The van der Waals surface area contributed by atoms with E-state index >= 15 is 0 Å². The fourth-order valence-electron chi connectivity index (χ4n) is 2.59. The van der Waals surface area contributed by atoms with Crippen LogP contribution in [-0.2, 0) is 23.9 Å². The summed E-state index contributed by atoms with van der Waals surface area (Å²) in [6.45, 7) is 7.32. The first kappa shape index (κ1) is 23.1. The molecule has 0 rings (SSSR count). The van der Waals surface area contributed by atoms with E-state index < -0.39 is 34.7 Å². The van der Waals surface area contributed by atoms with Crippen molar-refractivity contribution in [2.75, 3.05) is 0 Å². The van der Waals surface area contributed by atoms with Crippen molar-refractivity contribution in [1.82, 2.24) is 0 Å². The van der Waals surface area contributed by atoms with E-state index in [-0.39, 0.29) is 25.7 Å². The Kier molecular flexibility index (Phi) is 9.38. The summed E-state index contributed by atoms with van der Waals surface area (Å²) >= 11 is 0. The average molecular weight is 358 g/mol. The first-order valence-electron chi connectivity index (χ1n) is 8.50. The number of ether oxygens (including phenoxy) is 1. The van der Waals surface area contributed by atoms with Crippen molar-refractivity contribution in [2.24, 2.45) is 10.8 Å². The predicted molar refractivity (Wildman–Crippen MR) is 90.9 cm³/mol. The van der Waals surface area contributed by atoms with E-state index in [1.807, 2.05) is 27.7 Å². The monoisotopic (exact) mass is 358 g/mol. The van der Waals surface area contributed by atoms with Crippen LogP contribution in [-0.4, -0.2) is 34.1 Å². The minimum absolute atomic E-state index is 0.0395. The van der Waals surface area contributed by atoms with Crippen LogP contribution in [0, 0.1) is 10.8 Å². The number of carbonyl (C=O) groups excluding carboxylic acids is 2. The molecule has 0 radical (unpaired) electrons. The highest BCUT2D eigenvalue weighted by Crippen LogP contribution is 2.30. The summed E-state index contributed by atoms with van der Waals surface area (Å²) in [6, 6.07) is 0. The van der Waals surface area contributed by atoms with Gasteiger partial charge in [0.05, 0.1) is 12.8 Å². The minimum Gasteiger partial charge on any atom is -0.481 e. The van der Waals surface area contributed by atoms with Crippen LogP contribution < -0.4 is 0 Å². The zero-order valence-electron chi connectivity index (χ0n) is 15.6. The van der Waals surface area contributed by atoms with Crippen LogP contribution in [0.5, 0.6) is 0 Å². The molecule has 0 fully saturated rings. The summed E-state index contributed by atoms with van der Waals surface area (Å²) in [6.07, 6.45) is 2.17. The molecule has 0 saturated carbocycles. The van der Waals surface area contributed by atoms with Crippen LogP contribution in [0.4, 0.5) is 0 Å². The summed E-state index contributed by atoms with van der Waals surface area (Å²) in [7, 11) is 0. The van der Waals surface area contributed by atoms with Crippen molar-refractivity contribution in [3.05, 3.63) is 0 Å². The Morgan fingerprint density at radius 3 is 1.32 bits per heavy atom. The van der Waals surface area contributed by atoms with Crippen molar-refractivity contribution in [2.45, 2.75) is 79.1 Å². The number of esters is 2. The van der Waals surface area contributed by atoms with E-state index in [2.05, 4.69) is 0 Å². The maximum atomic E-state index is 11.9. The molecule has 144 valence electrons. The standard InChI is InChI=1S/C18H30O7/c1-17(2,9-5-7-13(19)20)11-15(23)25-16(24)12-18(3,4)10-6-8-14(21)22/h5-12H2,1-4H3,(H,19,20)(H,21,22). The van der Waals surface area contributed by atoms with Crippen LogP contribution in [0.15, 0.2) is 0 Å². The number of aliphatic carboxylic acids is 2. The van der Waals surface area contributed by atoms with Gasteiger partial charge in [-0.25, -0.2) is 0 Å². The van der Waals surface area contributed by atoms with E-state index in [1.54, 1.807) is 0 Å². The largest absolute Gasteiger partial charge is 0.481 e. The first-order valence-corrected chi connectivity index (χ1v) is 8.50. The fraction of sp³-hybridized carbons (Fsp3) is 0.778. The normalized spacial score (nSPS) is 11.8. The molecule has 0 aromatic heterocycles. The predicted octanol–water partition coefficient (Wildman–Crippen LogP) is 3.40. The second kappa shape index (κ2) is 10.2. The van der Waals surface area contributed by atoms with Crippen LogP contribution in [0.2, 0.25) is 0 Å². The van der Waals surface area contributed by atoms with Gasteiger partial charge in [-0.05, 0) is 36.5 Å². The Hall–Kier alpha value is -1.92. The third-order valence-corrected chi connectivity index (χ3v) is 3.96. The zero-order valence-corrected chi connectivity index (χ0v) is 15.6. The fourth-order valence-corrected chi connectivity index (χ4v) is 2.59. The van der Waals surface area contributed by atoms with Crippen molar-refractivity contribution < 1.29 is 34.1 Å². The summed E-state index contributed by atoms with van der Waals surface area (Å²) in [5.41, 5.74) is -0.881. The molecular weight excluding hydrogens is 328 g/mol. The molecule has 0 heterocycles. The number of hydrogen-bond donors (Lipinski definition) is 2. The molecule has 0 saturated heterocycles. The van der Waals surface area contributed by atoms with Crippen molar-refractivity contribution in [3.63, 3.8) is 0 Å². The van der Waals surface area contributed by atoms with Gasteiger partial charge in [0, 0.05) is 12.8 Å². The molecule has 0 aromatic rings. The van der Waals surface area contributed by atoms with E-state index in [1.165, 1.54) is 0 Å². The van der Waals surface area contributed by atoms with Crippen molar-refractivity contribution in [1.29, 1.82) is 0 Å². The lowest BCUT2D eigenvalue weighted by Crippen LogP contribution is -2.25. The molecule has 0 aliphatic carbocycles. The molecule has 0 spiro atoms. The van der Waals surface area contributed by atoms with Gasteiger partial charge in [-0.15, -0.1) is 0 Å². The van der Waals surface area contributed by atoms with Gasteiger partial charge in [-0.3, -0.25) is 19.2 Å². The highest BCUT2D eigenvalue weighted by molar-refractivity contribution is 5.86. The van der Waals surface area contributed by atoms with E-state index in [0.29, 0.717) is 25.7 Å². The molecule has 0 unspecified atom stereocenters. The third-order valence-electron chi connectivity index (χ3n) is 3.96. The van der Waals surface area contributed by atoms with E-state index in [9.17, 15) is 19.2 Å². The molecule has 0 bridgehead atoms. The maximum absolute atomic E-state index is 11.9. The molecule has 7 heteroatoms. The van der Waals surface area contributed by atoms with Crippen LogP contribution in [0.1, 0.15) is 79.1 Å². The second-order valence-corrected chi connectivity index (χ2v) is 8.02. The maximum Gasteiger partial charge on any atom is 0.313 e. The number of hydrogen-bond acceptors (Lipinski definition) is 5. The molecular formula is C18H30O7. The van der Waals surface area contributed by atoms with Crippen molar-refractivity contribution in [3.8, 4) is 0 Å². The lowest BCUT2D eigenvalue weighted by atomic mass is 9.83. The Morgan fingerprint density at radius 2 is 1.04 bits per heavy atom. The summed E-state index contributed by atoms with van der Waals surface area (Å²) < 4.78 is 4.87. The van der Waals surface area contributed by atoms with Gasteiger partial charge in [0.25, 0.3) is 0 Å². The molecule has 7 nitrogen and oxygen atoms in total. The zero-order chi connectivity index (χ0) is 19.7. The Bertz CT molecular complexity index is 448. The average Bonchev–Trinajstić information content (AvgIpc) is 2.34. The van der Waals surface area contributed by atoms with Gasteiger partial charge < -0.3 is 14.9 Å². The third kappa shape index (κ3) is 13.1. The van der Waals surface area contributed by atoms with Crippen molar-refractivity contribution >= 4 is 23.9 Å². The van der Waals surface area contributed by atoms with Gasteiger partial charge >= 0.3 is 23.9 Å². The lowest BCUT2D eigenvalue weighted by Gasteiger charge is -2.24. The second-order valence-electron chi connectivity index (χ2n) is 8.02. The minimum atomic E-state index is -0.876. The Morgan fingerprint density at radius 1 is 0.720 bits per heavy atom. The smallest absolute Gasteiger partial charge is 0.313 e. The Labute approximate surface area is 148 Å². The highest BCUT2D eigenvalue weighted by atomic mass is 16.6. The molecule has 0 amide bonds. The van der Waals surface area contributed by atoms with Gasteiger partial charge in [0.2, 0.25) is 0 Å². The molecule has 0 aromatic carbocycles. The topological polar surface area (TPSA) is 118 Å². The SMILES string of the molecule is CC(C)(CCCC(=O)O)CC(=O)OC(=O)CC(C)(C)CCCC(=O)O. The molecule has 2 N–H and O–H groups in total. The lowest BCUT2D eigenvalue weighted by molar-refractivity contribution is -0.162. The first-order chi connectivity index (χ1) is 11.3. The molecule has 25 heavy (non-hydrogen) atoms. The van der Waals surface area contributed by atoms with Crippen LogP contribution in [0.3, 0.4) is 0 Å². The summed E-state index contributed by atoms with van der Waals surface area (Å²) in [5.74, 6) is -2.99. The molecule has 0 aliphatic rings. The summed E-state index contributed by atoms with van der Waals surface area (Å²) in [5, 5.41) is 17.3. The highest BCUT2D eigenvalue weighted by Gasteiger charge is 2.27. The van der Waals surface area contributed by atoms with Gasteiger partial charge in [-0.2, -0.15) is 0 Å². The van der Waals surface area contributed by atoms with Gasteiger partial charge in [0.15, 0.2) is 0 Å². The van der Waals surface area contributed by atoms with Crippen LogP contribution in [0.25, 0.3) is 0 Å². The quantitative estimate of drug-likeness (QED) is 0.405. The molecule has 0 atom stereocenters. The molecule has 0 aliphatic heterocycles. The number of carbonyl (C=O) groups is 4.